The number of nitrogens with one attached hydrogen (secondary N) is 2. The summed E-state index contributed by atoms with van der Waals surface area (Å²) in [6.45, 7) is 4.91. The molecule has 1 amide bonds. The van der Waals surface area contributed by atoms with Gasteiger partial charge in [0.1, 0.15) is 5.75 Å². The molecule has 0 saturated carbocycles. The van der Waals surface area contributed by atoms with Gasteiger partial charge in [-0.05, 0) is 62.0 Å². The summed E-state index contributed by atoms with van der Waals surface area (Å²) in [5.41, 5.74) is 2.54. The molecule has 26 heavy (non-hydrogen) atoms. The molecule has 5 heteroatoms. The van der Waals surface area contributed by atoms with Crippen molar-refractivity contribution in [2.24, 2.45) is 0 Å². The summed E-state index contributed by atoms with van der Waals surface area (Å²) in [4.78, 5) is 12.3. The maximum atomic E-state index is 12.3. The van der Waals surface area contributed by atoms with Crippen LogP contribution in [0.3, 0.4) is 0 Å². The van der Waals surface area contributed by atoms with Gasteiger partial charge in [0.05, 0.1) is 6.61 Å². The van der Waals surface area contributed by atoms with Crippen molar-refractivity contribution in [3.63, 3.8) is 0 Å². The average Bonchev–Trinajstić information content (AvgIpc) is 2.64. The van der Waals surface area contributed by atoms with E-state index in [4.69, 9.17) is 17.0 Å². The zero-order chi connectivity index (χ0) is 18.8. The fourth-order valence-electron chi connectivity index (χ4n) is 2.40. The van der Waals surface area contributed by atoms with Crippen LogP contribution in [0.2, 0.25) is 0 Å². The first-order valence-corrected chi connectivity index (χ1v) is 9.41. The Morgan fingerprint density at radius 2 is 1.69 bits per heavy atom. The molecule has 0 unspecified atom stereocenters. The van der Waals surface area contributed by atoms with Gasteiger partial charge in [0, 0.05) is 11.3 Å². The molecule has 0 heterocycles. The van der Waals surface area contributed by atoms with E-state index in [2.05, 4.69) is 17.6 Å². The Bertz CT molecular complexity index is 712. The Kier molecular flexibility index (Phi) is 8.09. The van der Waals surface area contributed by atoms with Crippen molar-refractivity contribution in [1.29, 1.82) is 0 Å². The smallest absolute Gasteiger partial charge is 0.257 e. The van der Waals surface area contributed by atoms with Crippen molar-refractivity contribution in [3.8, 4) is 5.75 Å². The number of benzene rings is 2. The van der Waals surface area contributed by atoms with Crippen LogP contribution in [0.4, 0.5) is 5.69 Å². The highest BCUT2D eigenvalue weighted by atomic mass is 32.1. The Morgan fingerprint density at radius 1 is 1.00 bits per heavy atom. The van der Waals surface area contributed by atoms with E-state index in [0.29, 0.717) is 12.2 Å². The number of unbranched alkanes of at least 4 members (excludes halogenated alkanes) is 3. The molecule has 0 saturated heterocycles. The molecular formula is C21H26N2O2S. The highest BCUT2D eigenvalue weighted by Gasteiger charge is 2.08. The van der Waals surface area contributed by atoms with Crippen LogP contribution in [0.5, 0.6) is 5.75 Å². The molecule has 0 aliphatic rings. The van der Waals surface area contributed by atoms with Gasteiger partial charge in [-0.1, -0.05) is 43.9 Å². The van der Waals surface area contributed by atoms with Gasteiger partial charge in [0.2, 0.25) is 0 Å². The van der Waals surface area contributed by atoms with Crippen LogP contribution in [0.25, 0.3) is 0 Å². The summed E-state index contributed by atoms with van der Waals surface area (Å²) < 4.78 is 5.69. The largest absolute Gasteiger partial charge is 0.494 e. The number of anilines is 1. The van der Waals surface area contributed by atoms with Crippen LogP contribution in [0.15, 0.2) is 48.5 Å². The normalized spacial score (nSPS) is 10.2. The molecule has 0 aromatic heterocycles. The van der Waals surface area contributed by atoms with E-state index >= 15 is 0 Å². The van der Waals surface area contributed by atoms with Gasteiger partial charge in [-0.3, -0.25) is 10.1 Å². The van der Waals surface area contributed by atoms with Crippen molar-refractivity contribution < 1.29 is 9.53 Å². The summed E-state index contributed by atoms with van der Waals surface area (Å²) in [5.74, 6) is 0.530. The SMILES string of the molecule is CCCCCCOc1ccc(C(=O)NC(=S)Nc2ccc(C)cc2)cc1. The third-order valence-corrected chi connectivity index (χ3v) is 4.12. The number of ether oxygens (including phenoxy) is 1. The summed E-state index contributed by atoms with van der Waals surface area (Å²) in [6, 6.07) is 14.9. The van der Waals surface area contributed by atoms with Crippen LogP contribution in [-0.4, -0.2) is 17.6 Å². The van der Waals surface area contributed by atoms with Crippen molar-refractivity contribution >= 4 is 28.9 Å². The molecule has 2 N–H and O–H groups in total. The number of hydrogen-bond acceptors (Lipinski definition) is 3. The molecule has 0 aliphatic heterocycles. The third kappa shape index (κ3) is 6.84. The molecule has 4 nitrogen and oxygen atoms in total. The van der Waals surface area contributed by atoms with Gasteiger partial charge in [0.25, 0.3) is 5.91 Å². The van der Waals surface area contributed by atoms with Crippen molar-refractivity contribution in [1.82, 2.24) is 5.32 Å². The fraction of sp³-hybridized carbons (Fsp3) is 0.333. The second-order valence-electron chi connectivity index (χ2n) is 6.21. The highest BCUT2D eigenvalue weighted by Crippen LogP contribution is 2.13. The zero-order valence-electron chi connectivity index (χ0n) is 15.4. The van der Waals surface area contributed by atoms with Crippen LogP contribution >= 0.6 is 12.2 Å². The topological polar surface area (TPSA) is 50.4 Å². The lowest BCUT2D eigenvalue weighted by Gasteiger charge is -2.10. The minimum atomic E-state index is -0.246. The Balaban J connectivity index is 1.79. The maximum Gasteiger partial charge on any atom is 0.257 e. The lowest BCUT2D eigenvalue weighted by molar-refractivity contribution is 0.0977. The molecule has 138 valence electrons. The third-order valence-electron chi connectivity index (χ3n) is 3.92. The van der Waals surface area contributed by atoms with Crippen molar-refractivity contribution in [2.45, 2.75) is 39.5 Å². The number of carbonyl (C=O) groups is 1. The number of amides is 1. The molecule has 0 radical (unpaired) electrons. The first-order valence-electron chi connectivity index (χ1n) is 9.00. The van der Waals surface area contributed by atoms with Gasteiger partial charge in [-0.2, -0.15) is 0 Å². The lowest BCUT2D eigenvalue weighted by atomic mass is 10.2. The van der Waals surface area contributed by atoms with E-state index in [1.807, 2.05) is 43.3 Å². The van der Waals surface area contributed by atoms with Gasteiger partial charge in [0.15, 0.2) is 5.11 Å². The summed E-state index contributed by atoms with van der Waals surface area (Å²) in [5, 5.41) is 5.96. The molecule has 2 aromatic rings. The summed E-state index contributed by atoms with van der Waals surface area (Å²) in [6.07, 6.45) is 4.68. The number of thiocarbonyl (C=S) groups is 1. The number of hydrogen-bond donors (Lipinski definition) is 2. The Labute approximate surface area is 161 Å². The molecule has 2 aromatic carbocycles. The Hall–Kier alpha value is -2.40. The van der Waals surface area contributed by atoms with Crippen LogP contribution in [0, 0.1) is 6.92 Å². The van der Waals surface area contributed by atoms with Crippen molar-refractivity contribution in [2.75, 3.05) is 11.9 Å². The van der Waals surface area contributed by atoms with Gasteiger partial charge < -0.3 is 10.1 Å². The lowest BCUT2D eigenvalue weighted by Crippen LogP contribution is -2.34. The average molecular weight is 371 g/mol. The zero-order valence-corrected chi connectivity index (χ0v) is 16.2. The van der Waals surface area contributed by atoms with E-state index in [1.165, 1.54) is 19.3 Å². The first-order chi connectivity index (χ1) is 12.6. The van der Waals surface area contributed by atoms with Gasteiger partial charge in [-0.25, -0.2) is 0 Å². The highest BCUT2D eigenvalue weighted by molar-refractivity contribution is 7.80. The van der Waals surface area contributed by atoms with E-state index in [0.717, 1.165) is 23.4 Å². The molecule has 0 spiro atoms. The van der Waals surface area contributed by atoms with E-state index in [-0.39, 0.29) is 11.0 Å². The molecule has 2 rings (SSSR count). The van der Waals surface area contributed by atoms with Gasteiger partial charge >= 0.3 is 0 Å². The van der Waals surface area contributed by atoms with Crippen LogP contribution in [-0.2, 0) is 0 Å². The van der Waals surface area contributed by atoms with E-state index < -0.39 is 0 Å². The fourth-order valence-corrected chi connectivity index (χ4v) is 2.61. The predicted octanol–water partition coefficient (Wildman–Crippen LogP) is 5.08. The summed E-state index contributed by atoms with van der Waals surface area (Å²) >= 11 is 5.20. The monoisotopic (exact) mass is 370 g/mol. The van der Waals surface area contributed by atoms with Crippen LogP contribution < -0.4 is 15.4 Å². The number of rotatable bonds is 8. The van der Waals surface area contributed by atoms with Crippen LogP contribution in [0.1, 0.15) is 48.5 Å². The molecule has 0 bridgehead atoms. The second kappa shape index (κ2) is 10.6. The maximum absolute atomic E-state index is 12.3. The standard InChI is InChI=1S/C21H26N2O2S/c1-3-4-5-6-15-25-19-13-9-17(10-14-19)20(24)23-21(26)22-18-11-7-16(2)8-12-18/h7-14H,3-6,15H2,1-2H3,(H2,22,23,24,26). The number of carbonyl (C=O) groups excluding carboxylic acids is 1. The minimum Gasteiger partial charge on any atom is -0.494 e. The molecule has 0 aliphatic carbocycles. The predicted molar refractivity (Wildman–Crippen MR) is 111 cm³/mol. The molecular weight excluding hydrogens is 344 g/mol. The number of aryl methyl sites for hydroxylation is 1. The molecule has 0 fully saturated rings. The molecule has 0 atom stereocenters. The van der Waals surface area contributed by atoms with Gasteiger partial charge in [-0.15, -0.1) is 0 Å². The first kappa shape index (κ1) is 19.9. The quantitative estimate of drug-likeness (QED) is 0.502. The minimum absolute atomic E-state index is 0.246. The van der Waals surface area contributed by atoms with E-state index in [9.17, 15) is 4.79 Å². The van der Waals surface area contributed by atoms with Crippen molar-refractivity contribution in [3.05, 3.63) is 59.7 Å². The van der Waals surface area contributed by atoms with E-state index in [1.54, 1.807) is 12.1 Å². The Morgan fingerprint density at radius 3 is 2.35 bits per heavy atom. The second-order valence-corrected chi connectivity index (χ2v) is 6.62. The summed E-state index contributed by atoms with van der Waals surface area (Å²) in [7, 11) is 0.